The highest BCUT2D eigenvalue weighted by molar-refractivity contribution is 7.92. The van der Waals surface area contributed by atoms with Crippen molar-refractivity contribution in [1.29, 1.82) is 5.26 Å². The van der Waals surface area contributed by atoms with E-state index in [0.717, 1.165) is 23.8 Å². The fraction of sp³-hybridized carbons (Fsp3) is 0.300. The molecule has 30 heavy (non-hydrogen) atoms. The molecule has 1 saturated carbocycles. The van der Waals surface area contributed by atoms with Crippen LogP contribution in [0.5, 0.6) is 0 Å². The summed E-state index contributed by atoms with van der Waals surface area (Å²) in [5.74, 6) is 0.0893. The van der Waals surface area contributed by atoms with Gasteiger partial charge >= 0.3 is 0 Å². The minimum absolute atomic E-state index is 0.0388. The smallest absolute Gasteiger partial charge is 0.232 e. The van der Waals surface area contributed by atoms with Crippen LogP contribution in [0.4, 0.5) is 11.6 Å². The van der Waals surface area contributed by atoms with Gasteiger partial charge in [0, 0.05) is 35.2 Å². The van der Waals surface area contributed by atoms with Crippen molar-refractivity contribution in [3.8, 4) is 17.3 Å². The van der Waals surface area contributed by atoms with Crippen LogP contribution < -0.4 is 10.0 Å². The first-order chi connectivity index (χ1) is 14.4. The van der Waals surface area contributed by atoms with E-state index in [4.69, 9.17) is 5.26 Å². The summed E-state index contributed by atoms with van der Waals surface area (Å²) in [6.45, 7) is 0. The molecule has 0 aliphatic heterocycles. The Kier molecular flexibility index (Phi) is 5.37. The number of carbonyl (C=O) groups excluding carboxylic acids is 1. The van der Waals surface area contributed by atoms with E-state index in [2.05, 4.69) is 25.0 Å². The molecule has 0 saturated heterocycles. The van der Waals surface area contributed by atoms with Crippen molar-refractivity contribution in [1.82, 2.24) is 15.0 Å². The lowest BCUT2D eigenvalue weighted by molar-refractivity contribution is -0.117. The lowest BCUT2D eigenvalue weighted by atomic mass is 10.1. The number of nitrogens with zero attached hydrogens (tertiary/aromatic N) is 3. The van der Waals surface area contributed by atoms with E-state index < -0.39 is 10.0 Å². The van der Waals surface area contributed by atoms with E-state index in [1.165, 1.54) is 0 Å². The maximum absolute atomic E-state index is 12.1. The van der Waals surface area contributed by atoms with Gasteiger partial charge in [0.15, 0.2) is 0 Å². The van der Waals surface area contributed by atoms with Crippen LogP contribution >= 0.6 is 0 Å². The van der Waals surface area contributed by atoms with Crippen LogP contribution in [0.15, 0.2) is 36.5 Å². The Morgan fingerprint density at radius 3 is 2.67 bits per heavy atom. The molecule has 4 rings (SSSR count). The summed E-state index contributed by atoms with van der Waals surface area (Å²) < 4.78 is 26.7. The third kappa shape index (κ3) is 4.58. The first kappa shape index (κ1) is 19.8. The zero-order valence-electron chi connectivity index (χ0n) is 16.1. The van der Waals surface area contributed by atoms with Gasteiger partial charge in [0.2, 0.25) is 21.9 Å². The van der Waals surface area contributed by atoms with E-state index in [1.807, 2.05) is 12.1 Å². The molecule has 0 bridgehead atoms. The molecule has 1 aromatic carbocycles. The predicted octanol–water partition coefficient (Wildman–Crippen LogP) is 3.02. The number of carbonyl (C=O) groups is 1. The van der Waals surface area contributed by atoms with Crippen molar-refractivity contribution in [3.63, 3.8) is 0 Å². The summed E-state index contributed by atoms with van der Waals surface area (Å²) in [6.07, 6.45) is 4.00. The van der Waals surface area contributed by atoms with Crippen molar-refractivity contribution < 1.29 is 13.2 Å². The van der Waals surface area contributed by atoms with Crippen LogP contribution in [-0.4, -0.2) is 35.0 Å². The molecule has 154 valence electrons. The summed E-state index contributed by atoms with van der Waals surface area (Å²) in [5.41, 5.74) is 2.43. The molecular formula is C20H20N6O3S. The van der Waals surface area contributed by atoms with Crippen LogP contribution in [0.3, 0.4) is 0 Å². The van der Waals surface area contributed by atoms with Gasteiger partial charge in [-0.15, -0.1) is 0 Å². The van der Waals surface area contributed by atoms with Crippen molar-refractivity contribution in [2.45, 2.75) is 25.7 Å². The fourth-order valence-corrected chi connectivity index (χ4v) is 4.16. The van der Waals surface area contributed by atoms with Crippen LogP contribution in [0, 0.1) is 17.2 Å². The molecule has 3 N–H and O–H groups in total. The van der Waals surface area contributed by atoms with Gasteiger partial charge in [0.25, 0.3) is 0 Å². The number of hydrogen-bond donors (Lipinski definition) is 3. The van der Waals surface area contributed by atoms with Gasteiger partial charge in [-0.05, 0) is 37.5 Å². The summed E-state index contributed by atoms with van der Waals surface area (Å²) in [7, 11) is -3.51. The Balaban J connectivity index is 1.57. The minimum Gasteiger partial charge on any atom is -0.346 e. The molecule has 0 spiro atoms. The summed E-state index contributed by atoms with van der Waals surface area (Å²) in [5, 5.41) is 12.1. The quantitative estimate of drug-likeness (QED) is 0.475. The number of H-pyrrole nitrogens is 1. The Labute approximate surface area is 173 Å². The van der Waals surface area contributed by atoms with Gasteiger partial charge in [0.1, 0.15) is 5.65 Å². The average Bonchev–Trinajstić information content (AvgIpc) is 3.46. The number of sulfonamides is 1. The molecule has 3 aromatic rings. The summed E-state index contributed by atoms with van der Waals surface area (Å²) in [4.78, 5) is 24.0. The molecule has 1 aliphatic rings. The third-order valence-corrected chi connectivity index (χ3v) is 6.11. The van der Waals surface area contributed by atoms with Crippen LogP contribution in [0.2, 0.25) is 0 Å². The average molecular weight is 424 g/mol. The van der Waals surface area contributed by atoms with Gasteiger partial charge in [0.05, 0.1) is 17.5 Å². The van der Waals surface area contributed by atoms with E-state index in [0.29, 0.717) is 17.0 Å². The first-order valence-electron chi connectivity index (χ1n) is 9.59. The number of aromatic amines is 1. The second-order valence-electron chi connectivity index (χ2n) is 7.16. The van der Waals surface area contributed by atoms with Gasteiger partial charge in [-0.1, -0.05) is 12.1 Å². The number of unbranched alkanes of at least 4 members (excludes halogenated alkanes) is 1. The van der Waals surface area contributed by atoms with Gasteiger partial charge in [-0.3, -0.25) is 14.8 Å². The standard InChI is InChI=1S/C20H20N6O3S/c21-10-1-2-12-30(28,29)26-15-7-5-13(6-8-15)17-16-9-11-22-18(16)24-20(23-17)25-19(27)14-3-4-14/h5-9,11,14,26H,1-4,12H2,(H2,22,23,24,25,27). The Morgan fingerprint density at radius 1 is 1.20 bits per heavy atom. The van der Waals surface area contributed by atoms with Crippen LogP contribution in [-0.2, 0) is 14.8 Å². The highest BCUT2D eigenvalue weighted by Crippen LogP contribution is 2.31. The molecule has 2 aromatic heterocycles. The van der Waals surface area contributed by atoms with Gasteiger partial charge in [-0.25, -0.2) is 13.4 Å². The third-order valence-electron chi connectivity index (χ3n) is 4.73. The topological polar surface area (TPSA) is 141 Å². The number of fused-ring (bicyclic) bond motifs is 1. The predicted molar refractivity (Wildman–Crippen MR) is 113 cm³/mol. The Hall–Kier alpha value is -3.45. The lowest BCUT2D eigenvalue weighted by Crippen LogP contribution is -2.16. The number of hydrogen-bond acceptors (Lipinski definition) is 6. The number of aromatic nitrogens is 3. The SMILES string of the molecule is N#CCCCS(=O)(=O)Nc1ccc(-c2nc(NC(=O)C3CC3)nc3[nH]ccc23)cc1. The largest absolute Gasteiger partial charge is 0.346 e. The number of benzene rings is 1. The fourth-order valence-electron chi connectivity index (χ4n) is 3.04. The monoisotopic (exact) mass is 424 g/mol. The number of amides is 1. The zero-order chi connectivity index (χ0) is 21.1. The Morgan fingerprint density at radius 2 is 1.97 bits per heavy atom. The van der Waals surface area contributed by atoms with Crippen LogP contribution in [0.25, 0.3) is 22.3 Å². The minimum atomic E-state index is -3.51. The first-order valence-corrected chi connectivity index (χ1v) is 11.2. The summed E-state index contributed by atoms with van der Waals surface area (Å²) >= 11 is 0. The van der Waals surface area contributed by atoms with Gasteiger partial charge in [-0.2, -0.15) is 10.2 Å². The van der Waals surface area contributed by atoms with Crippen molar-refractivity contribution in [2.75, 3.05) is 15.8 Å². The number of nitriles is 1. The molecule has 0 radical (unpaired) electrons. The van der Waals surface area contributed by atoms with Crippen LogP contribution in [0.1, 0.15) is 25.7 Å². The van der Waals surface area contributed by atoms with E-state index >= 15 is 0 Å². The second kappa shape index (κ2) is 8.12. The van der Waals surface area contributed by atoms with E-state index in [-0.39, 0.29) is 36.4 Å². The summed E-state index contributed by atoms with van der Waals surface area (Å²) in [6, 6.07) is 10.6. The molecule has 0 atom stereocenters. The highest BCUT2D eigenvalue weighted by atomic mass is 32.2. The highest BCUT2D eigenvalue weighted by Gasteiger charge is 2.30. The number of anilines is 2. The van der Waals surface area contributed by atoms with E-state index in [9.17, 15) is 13.2 Å². The molecular weight excluding hydrogens is 404 g/mol. The Bertz CT molecular complexity index is 1220. The van der Waals surface area contributed by atoms with Crippen molar-refractivity contribution in [2.24, 2.45) is 5.92 Å². The molecule has 2 heterocycles. The molecule has 1 amide bonds. The zero-order valence-corrected chi connectivity index (χ0v) is 16.9. The van der Waals surface area contributed by atoms with Gasteiger partial charge < -0.3 is 4.98 Å². The number of nitrogens with one attached hydrogen (secondary N) is 3. The van der Waals surface area contributed by atoms with E-state index in [1.54, 1.807) is 30.5 Å². The second-order valence-corrected chi connectivity index (χ2v) is 9.00. The van der Waals surface area contributed by atoms with Crippen molar-refractivity contribution >= 4 is 38.6 Å². The molecule has 1 fully saturated rings. The van der Waals surface area contributed by atoms with Crippen molar-refractivity contribution in [3.05, 3.63) is 36.5 Å². The molecule has 10 heteroatoms. The molecule has 9 nitrogen and oxygen atoms in total. The maximum Gasteiger partial charge on any atom is 0.232 e. The number of rotatable bonds is 8. The molecule has 0 unspecified atom stereocenters. The molecule has 1 aliphatic carbocycles. The maximum atomic E-state index is 12.1. The normalized spacial score (nSPS) is 13.7. The lowest BCUT2D eigenvalue weighted by Gasteiger charge is -2.10.